The summed E-state index contributed by atoms with van der Waals surface area (Å²) in [4.78, 5) is 11.2. The van der Waals surface area contributed by atoms with Gasteiger partial charge in [-0.25, -0.2) is 0 Å². The Kier molecular flexibility index (Phi) is 3.44. The van der Waals surface area contributed by atoms with Crippen LogP contribution in [0.5, 0.6) is 0 Å². The van der Waals surface area contributed by atoms with E-state index in [0.717, 1.165) is 4.47 Å². The van der Waals surface area contributed by atoms with Crippen LogP contribution in [0.3, 0.4) is 0 Å². The molecule has 0 aliphatic rings. The molecule has 12 heavy (non-hydrogen) atoms. The first-order valence-corrected chi connectivity index (χ1v) is 4.43. The van der Waals surface area contributed by atoms with Gasteiger partial charge in [0.05, 0.1) is 6.61 Å². The lowest BCUT2D eigenvalue weighted by Crippen LogP contribution is -2.00. The molecule has 0 aromatic heterocycles. The molecular formula is C9H9BrO2. The van der Waals surface area contributed by atoms with Crippen molar-refractivity contribution in [3.05, 3.63) is 34.3 Å². The monoisotopic (exact) mass is 228 g/mol. The second kappa shape index (κ2) is 4.38. The molecule has 0 heterocycles. The molecule has 3 heteroatoms. The number of aliphatic hydroxyl groups is 1. The van der Waals surface area contributed by atoms with E-state index in [0.29, 0.717) is 5.56 Å². The maximum absolute atomic E-state index is 11.2. The smallest absolute Gasteiger partial charge is 0.165 e. The fourth-order valence-electron chi connectivity index (χ4n) is 0.882. The van der Waals surface area contributed by atoms with Crippen LogP contribution in [0, 0.1) is 0 Å². The first kappa shape index (κ1) is 9.42. The van der Waals surface area contributed by atoms with Gasteiger partial charge in [-0.2, -0.15) is 0 Å². The largest absolute Gasteiger partial charge is 0.396 e. The molecule has 2 nitrogen and oxygen atoms in total. The van der Waals surface area contributed by atoms with Gasteiger partial charge in [-0.05, 0) is 12.1 Å². The van der Waals surface area contributed by atoms with Crippen LogP contribution < -0.4 is 0 Å². The molecule has 0 aliphatic heterocycles. The molecule has 64 valence electrons. The van der Waals surface area contributed by atoms with Crippen LogP contribution in [0.15, 0.2) is 28.7 Å². The third-order valence-corrected chi connectivity index (χ3v) is 2.03. The van der Waals surface area contributed by atoms with Gasteiger partial charge < -0.3 is 5.11 Å². The maximum Gasteiger partial charge on any atom is 0.165 e. The zero-order valence-corrected chi connectivity index (χ0v) is 8.04. The van der Waals surface area contributed by atoms with Crippen LogP contribution in [-0.2, 0) is 0 Å². The highest BCUT2D eigenvalue weighted by Crippen LogP contribution is 2.11. The summed E-state index contributed by atoms with van der Waals surface area (Å²) in [5, 5.41) is 8.52. The highest BCUT2D eigenvalue weighted by molar-refractivity contribution is 9.10. The van der Waals surface area contributed by atoms with Crippen molar-refractivity contribution in [2.75, 3.05) is 6.61 Å². The minimum Gasteiger partial charge on any atom is -0.396 e. The number of benzene rings is 1. The number of aliphatic hydroxyl groups excluding tert-OH is 1. The number of rotatable bonds is 3. The lowest BCUT2D eigenvalue weighted by Gasteiger charge is -1.97. The van der Waals surface area contributed by atoms with Crippen LogP contribution in [0.25, 0.3) is 0 Å². The fourth-order valence-corrected chi connectivity index (χ4v) is 1.15. The van der Waals surface area contributed by atoms with E-state index in [9.17, 15) is 4.79 Å². The Balaban J connectivity index is 2.75. The third-order valence-electron chi connectivity index (χ3n) is 1.51. The van der Waals surface area contributed by atoms with Crippen LogP contribution in [-0.4, -0.2) is 17.5 Å². The fraction of sp³-hybridized carbons (Fsp3) is 0.222. The van der Waals surface area contributed by atoms with Gasteiger partial charge in [0.2, 0.25) is 0 Å². The topological polar surface area (TPSA) is 37.3 Å². The van der Waals surface area contributed by atoms with Crippen LogP contribution >= 0.6 is 15.9 Å². The standard InChI is InChI=1S/C9H9BrO2/c10-8-3-1-7(2-4-8)9(12)5-6-11/h1-4,11H,5-6H2. The molecule has 0 atom stereocenters. The second-order valence-corrected chi connectivity index (χ2v) is 3.32. The quantitative estimate of drug-likeness (QED) is 0.805. The summed E-state index contributed by atoms with van der Waals surface area (Å²) in [6, 6.07) is 7.10. The molecule has 0 amide bonds. The van der Waals surface area contributed by atoms with E-state index in [2.05, 4.69) is 15.9 Å². The van der Waals surface area contributed by atoms with Gasteiger partial charge in [-0.1, -0.05) is 28.1 Å². The molecule has 0 aliphatic carbocycles. The molecular weight excluding hydrogens is 220 g/mol. The summed E-state index contributed by atoms with van der Waals surface area (Å²) in [5.41, 5.74) is 0.646. The van der Waals surface area contributed by atoms with Crippen molar-refractivity contribution in [1.82, 2.24) is 0 Å². The highest BCUT2D eigenvalue weighted by Gasteiger charge is 2.03. The Hall–Kier alpha value is -0.670. The van der Waals surface area contributed by atoms with Gasteiger partial charge in [0.25, 0.3) is 0 Å². The Labute approximate surface area is 79.3 Å². The molecule has 1 aromatic carbocycles. The molecule has 0 radical (unpaired) electrons. The SMILES string of the molecule is O=C(CCO)c1ccc(Br)cc1. The maximum atomic E-state index is 11.2. The molecule has 0 unspecified atom stereocenters. The summed E-state index contributed by atoms with van der Waals surface area (Å²) >= 11 is 3.27. The zero-order valence-electron chi connectivity index (χ0n) is 6.46. The van der Waals surface area contributed by atoms with Crippen LogP contribution in [0.1, 0.15) is 16.8 Å². The van der Waals surface area contributed by atoms with Gasteiger partial charge in [-0.15, -0.1) is 0 Å². The van der Waals surface area contributed by atoms with Crippen LogP contribution in [0.4, 0.5) is 0 Å². The van der Waals surface area contributed by atoms with E-state index in [1.165, 1.54) is 0 Å². The van der Waals surface area contributed by atoms with Gasteiger partial charge in [-0.3, -0.25) is 4.79 Å². The number of hydrogen-bond acceptors (Lipinski definition) is 2. The minimum absolute atomic E-state index is 0.0231. The number of hydrogen-bond donors (Lipinski definition) is 1. The van der Waals surface area contributed by atoms with Gasteiger partial charge in [0.15, 0.2) is 5.78 Å². The molecule has 0 bridgehead atoms. The molecule has 0 fully saturated rings. The van der Waals surface area contributed by atoms with E-state index in [-0.39, 0.29) is 18.8 Å². The Morgan fingerprint density at radius 1 is 1.33 bits per heavy atom. The molecule has 1 aromatic rings. The summed E-state index contributed by atoms with van der Waals surface area (Å²) in [7, 11) is 0. The molecule has 1 N–H and O–H groups in total. The molecule has 1 rings (SSSR count). The van der Waals surface area contributed by atoms with Crippen LogP contribution in [0.2, 0.25) is 0 Å². The normalized spacial score (nSPS) is 9.83. The van der Waals surface area contributed by atoms with E-state index in [1.54, 1.807) is 12.1 Å². The van der Waals surface area contributed by atoms with Crippen molar-refractivity contribution in [3.63, 3.8) is 0 Å². The van der Waals surface area contributed by atoms with Crippen molar-refractivity contribution in [2.45, 2.75) is 6.42 Å². The van der Waals surface area contributed by atoms with Gasteiger partial charge in [0, 0.05) is 16.5 Å². The Bertz CT molecular complexity index is 266. The average Bonchev–Trinajstić information content (AvgIpc) is 2.06. The number of carbonyl (C=O) groups is 1. The summed E-state index contributed by atoms with van der Waals surface area (Å²) in [6.07, 6.45) is 0.196. The van der Waals surface area contributed by atoms with Crippen molar-refractivity contribution in [2.24, 2.45) is 0 Å². The van der Waals surface area contributed by atoms with Crippen molar-refractivity contribution in [3.8, 4) is 0 Å². The lowest BCUT2D eigenvalue weighted by atomic mass is 10.1. The van der Waals surface area contributed by atoms with Crippen molar-refractivity contribution >= 4 is 21.7 Å². The predicted octanol–water partition coefficient (Wildman–Crippen LogP) is 2.01. The molecule has 0 saturated heterocycles. The van der Waals surface area contributed by atoms with Gasteiger partial charge >= 0.3 is 0 Å². The van der Waals surface area contributed by atoms with E-state index in [4.69, 9.17) is 5.11 Å². The van der Waals surface area contributed by atoms with Crippen molar-refractivity contribution < 1.29 is 9.90 Å². The lowest BCUT2D eigenvalue weighted by molar-refractivity contribution is 0.0956. The number of ketones is 1. The summed E-state index contributed by atoms with van der Waals surface area (Å²) < 4.78 is 0.947. The minimum atomic E-state index is -0.0884. The number of carbonyl (C=O) groups excluding carboxylic acids is 1. The average molecular weight is 229 g/mol. The first-order chi connectivity index (χ1) is 5.74. The number of halogens is 1. The summed E-state index contributed by atoms with van der Waals surface area (Å²) in [5.74, 6) is -0.0231. The Morgan fingerprint density at radius 2 is 1.92 bits per heavy atom. The molecule has 0 saturated carbocycles. The third kappa shape index (κ3) is 2.43. The van der Waals surface area contributed by atoms with Gasteiger partial charge in [0.1, 0.15) is 0 Å². The van der Waals surface area contributed by atoms with E-state index < -0.39 is 0 Å². The van der Waals surface area contributed by atoms with E-state index >= 15 is 0 Å². The Morgan fingerprint density at radius 3 is 2.42 bits per heavy atom. The highest BCUT2D eigenvalue weighted by atomic mass is 79.9. The van der Waals surface area contributed by atoms with E-state index in [1.807, 2.05) is 12.1 Å². The zero-order chi connectivity index (χ0) is 8.97. The summed E-state index contributed by atoms with van der Waals surface area (Å²) in [6.45, 7) is -0.0884. The second-order valence-electron chi connectivity index (χ2n) is 2.40. The predicted molar refractivity (Wildman–Crippen MR) is 50.2 cm³/mol. The van der Waals surface area contributed by atoms with Crippen molar-refractivity contribution in [1.29, 1.82) is 0 Å². The number of Topliss-reactive ketones (excluding diaryl/α,β-unsaturated/α-hetero) is 1. The first-order valence-electron chi connectivity index (χ1n) is 3.63. The molecule has 0 spiro atoms.